The molecular weight excluding hydrogens is 206 g/mol. The van der Waals surface area contributed by atoms with Crippen molar-refractivity contribution in [2.75, 3.05) is 31.3 Å². The molecule has 1 unspecified atom stereocenters. The zero-order chi connectivity index (χ0) is 10.7. The zero-order valence-electron chi connectivity index (χ0n) is 8.11. The van der Waals surface area contributed by atoms with Gasteiger partial charge in [-0.15, -0.1) is 0 Å². The number of nitrogens with two attached hydrogens (primary N) is 1. The highest BCUT2D eigenvalue weighted by molar-refractivity contribution is 7.91. The maximum absolute atomic E-state index is 11.4. The molecule has 1 fully saturated rings. The molecule has 1 heterocycles. The second kappa shape index (κ2) is 4.57. The van der Waals surface area contributed by atoms with E-state index in [4.69, 9.17) is 15.6 Å². The van der Waals surface area contributed by atoms with Gasteiger partial charge in [0.05, 0.1) is 30.3 Å². The summed E-state index contributed by atoms with van der Waals surface area (Å²) in [5.74, 6) is 0.202. The third-order valence-electron chi connectivity index (χ3n) is 2.44. The van der Waals surface area contributed by atoms with Crippen LogP contribution < -0.4 is 5.73 Å². The first-order chi connectivity index (χ1) is 6.54. The molecule has 1 aliphatic rings. The van der Waals surface area contributed by atoms with Gasteiger partial charge in [0.2, 0.25) is 0 Å². The first-order valence-electron chi connectivity index (χ1n) is 4.69. The van der Waals surface area contributed by atoms with Crippen molar-refractivity contribution in [3.63, 3.8) is 0 Å². The number of ether oxygens (including phenoxy) is 1. The molecule has 1 saturated heterocycles. The van der Waals surface area contributed by atoms with Crippen LogP contribution in [0.3, 0.4) is 0 Å². The molecule has 0 saturated carbocycles. The molecular formula is C8H17NO4S. The van der Waals surface area contributed by atoms with E-state index in [2.05, 4.69) is 0 Å². The molecule has 1 rings (SSSR count). The normalized spacial score (nSPS) is 31.6. The summed E-state index contributed by atoms with van der Waals surface area (Å²) >= 11 is 0. The van der Waals surface area contributed by atoms with Gasteiger partial charge in [-0.1, -0.05) is 0 Å². The second-order valence-corrected chi connectivity index (χ2v) is 5.84. The Morgan fingerprint density at radius 1 is 1.50 bits per heavy atom. The van der Waals surface area contributed by atoms with Crippen molar-refractivity contribution < 1.29 is 18.3 Å². The summed E-state index contributed by atoms with van der Waals surface area (Å²) < 4.78 is 28.1. The predicted molar refractivity (Wildman–Crippen MR) is 52.7 cm³/mol. The van der Waals surface area contributed by atoms with E-state index in [0.29, 0.717) is 12.8 Å². The van der Waals surface area contributed by atoms with Crippen LogP contribution in [-0.4, -0.2) is 50.4 Å². The van der Waals surface area contributed by atoms with Crippen molar-refractivity contribution in [3.8, 4) is 0 Å². The summed E-state index contributed by atoms with van der Waals surface area (Å²) in [6.07, 6.45) is 1.24. The van der Waals surface area contributed by atoms with Gasteiger partial charge < -0.3 is 15.6 Å². The van der Waals surface area contributed by atoms with E-state index in [0.717, 1.165) is 0 Å². The lowest BCUT2D eigenvalue weighted by molar-refractivity contribution is -0.0444. The second-order valence-electron chi connectivity index (χ2n) is 3.65. The molecule has 1 aliphatic heterocycles. The third-order valence-corrected chi connectivity index (χ3v) is 4.32. The van der Waals surface area contributed by atoms with Crippen LogP contribution in [0.4, 0.5) is 0 Å². The molecule has 0 aliphatic carbocycles. The smallest absolute Gasteiger partial charge is 0.153 e. The van der Waals surface area contributed by atoms with Crippen molar-refractivity contribution in [2.45, 2.75) is 18.4 Å². The summed E-state index contributed by atoms with van der Waals surface area (Å²) in [7, 11) is -3.02. The van der Waals surface area contributed by atoms with Crippen LogP contribution in [0, 0.1) is 0 Å². The Bertz CT molecular complexity index is 277. The van der Waals surface area contributed by atoms with Crippen LogP contribution >= 0.6 is 0 Å². The lowest BCUT2D eigenvalue weighted by atomic mass is 10.00. The molecule has 0 aromatic rings. The van der Waals surface area contributed by atoms with Crippen LogP contribution in [-0.2, 0) is 14.6 Å². The highest BCUT2D eigenvalue weighted by atomic mass is 32.2. The number of aliphatic hydroxyl groups excluding tert-OH is 1. The van der Waals surface area contributed by atoms with Crippen molar-refractivity contribution in [1.29, 1.82) is 0 Å². The van der Waals surface area contributed by atoms with Gasteiger partial charge in [-0.3, -0.25) is 0 Å². The van der Waals surface area contributed by atoms with E-state index in [-0.39, 0.29) is 31.3 Å². The molecule has 5 nitrogen and oxygen atoms in total. The first kappa shape index (κ1) is 11.9. The maximum Gasteiger partial charge on any atom is 0.153 e. The monoisotopic (exact) mass is 223 g/mol. The SMILES string of the molecule is NCC1(OCCO)CCCS(=O)(=O)C1. The Hall–Kier alpha value is -0.170. The van der Waals surface area contributed by atoms with Gasteiger partial charge in [-0.2, -0.15) is 0 Å². The lowest BCUT2D eigenvalue weighted by Crippen LogP contribution is -2.50. The van der Waals surface area contributed by atoms with Crippen LogP contribution in [0.25, 0.3) is 0 Å². The van der Waals surface area contributed by atoms with E-state index < -0.39 is 15.4 Å². The predicted octanol–water partition coefficient (Wildman–Crippen LogP) is -1.10. The number of hydrogen-bond acceptors (Lipinski definition) is 5. The molecule has 84 valence electrons. The molecule has 0 aromatic carbocycles. The third kappa shape index (κ3) is 2.91. The average Bonchev–Trinajstić information content (AvgIpc) is 2.13. The molecule has 0 spiro atoms. The largest absolute Gasteiger partial charge is 0.394 e. The number of hydrogen-bond donors (Lipinski definition) is 2. The summed E-state index contributed by atoms with van der Waals surface area (Å²) in [6, 6.07) is 0. The van der Waals surface area contributed by atoms with E-state index >= 15 is 0 Å². The van der Waals surface area contributed by atoms with Crippen LogP contribution in [0.1, 0.15) is 12.8 Å². The number of sulfone groups is 1. The minimum Gasteiger partial charge on any atom is -0.394 e. The van der Waals surface area contributed by atoms with E-state index in [1.807, 2.05) is 0 Å². The quantitative estimate of drug-likeness (QED) is 0.631. The van der Waals surface area contributed by atoms with Crippen LogP contribution in [0.15, 0.2) is 0 Å². The fourth-order valence-electron chi connectivity index (χ4n) is 1.76. The molecule has 14 heavy (non-hydrogen) atoms. The zero-order valence-corrected chi connectivity index (χ0v) is 8.92. The molecule has 0 bridgehead atoms. The van der Waals surface area contributed by atoms with Crippen molar-refractivity contribution in [2.24, 2.45) is 5.73 Å². The lowest BCUT2D eigenvalue weighted by Gasteiger charge is -2.35. The topological polar surface area (TPSA) is 89.6 Å². The Kier molecular flexibility index (Phi) is 3.88. The highest BCUT2D eigenvalue weighted by Gasteiger charge is 2.38. The minimum atomic E-state index is -3.02. The van der Waals surface area contributed by atoms with Gasteiger partial charge in [-0.25, -0.2) is 8.42 Å². The van der Waals surface area contributed by atoms with E-state index in [9.17, 15) is 8.42 Å². The molecule has 0 amide bonds. The molecule has 1 atom stereocenters. The van der Waals surface area contributed by atoms with Gasteiger partial charge in [-0.05, 0) is 12.8 Å². The maximum atomic E-state index is 11.4. The van der Waals surface area contributed by atoms with Crippen molar-refractivity contribution >= 4 is 9.84 Å². The summed E-state index contributed by atoms with van der Waals surface area (Å²) in [5.41, 5.74) is 4.76. The van der Waals surface area contributed by atoms with Gasteiger partial charge in [0, 0.05) is 6.54 Å². The van der Waals surface area contributed by atoms with Gasteiger partial charge >= 0.3 is 0 Å². The van der Waals surface area contributed by atoms with E-state index in [1.54, 1.807) is 0 Å². The summed E-state index contributed by atoms with van der Waals surface area (Å²) in [4.78, 5) is 0. The highest BCUT2D eigenvalue weighted by Crippen LogP contribution is 2.25. The minimum absolute atomic E-state index is 0.0174. The Balaban J connectivity index is 2.68. The molecule has 6 heteroatoms. The summed E-state index contributed by atoms with van der Waals surface area (Å²) in [5, 5.41) is 8.62. The fourth-order valence-corrected chi connectivity index (χ4v) is 3.63. The Morgan fingerprint density at radius 3 is 2.71 bits per heavy atom. The Morgan fingerprint density at radius 2 is 2.21 bits per heavy atom. The summed E-state index contributed by atoms with van der Waals surface area (Å²) in [6.45, 7) is 0.223. The van der Waals surface area contributed by atoms with Gasteiger partial charge in [0.25, 0.3) is 0 Å². The fraction of sp³-hybridized carbons (Fsp3) is 1.00. The van der Waals surface area contributed by atoms with Crippen molar-refractivity contribution in [1.82, 2.24) is 0 Å². The van der Waals surface area contributed by atoms with E-state index in [1.165, 1.54) is 0 Å². The molecule has 0 aromatic heterocycles. The van der Waals surface area contributed by atoms with Gasteiger partial charge in [0.1, 0.15) is 0 Å². The standard InChI is InChI=1S/C8H17NO4S/c9-6-8(13-4-3-10)2-1-5-14(11,12)7-8/h10H,1-7,9H2. The molecule has 0 radical (unpaired) electrons. The van der Waals surface area contributed by atoms with Gasteiger partial charge in [0.15, 0.2) is 9.84 Å². The first-order valence-corrected chi connectivity index (χ1v) is 6.51. The number of aliphatic hydroxyl groups is 1. The molecule has 3 N–H and O–H groups in total. The number of rotatable bonds is 4. The Labute approximate surface area is 84.2 Å². The van der Waals surface area contributed by atoms with Crippen LogP contribution in [0.5, 0.6) is 0 Å². The average molecular weight is 223 g/mol. The van der Waals surface area contributed by atoms with Crippen LogP contribution in [0.2, 0.25) is 0 Å². The van der Waals surface area contributed by atoms with Crippen molar-refractivity contribution in [3.05, 3.63) is 0 Å².